The number of esters is 2. The lowest BCUT2D eigenvalue weighted by molar-refractivity contribution is -0.142. The minimum Gasteiger partial charge on any atom is -0.460 e. The summed E-state index contributed by atoms with van der Waals surface area (Å²) in [6, 6.07) is 19.2. The minimum absolute atomic E-state index is 0.167. The van der Waals surface area contributed by atoms with Crippen molar-refractivity contribution in [3.63, 3.8) is 0 Å². The van der Waals surface area contributed by atoms with Gasteiger partial charge in [0, 0.05) is 0 Å². The van der Waals surface area contributed by atoms with Crippen LogP contribution in [0.15, 0.2) is 60.7 Å². The average molecular weight is 505 g/mol. The monoisotopic (exact) mass is 504 g/mol. The van der Waals surface area contributed by atoms with Gasteiger partial charge in [0.15, 0.2) is 0 Å². The summed E-state index contributed by atoms with van der Waals surface area (Å²) in [6.07, 6.45) is 0. The number of ether oxygens (including phenoxy) is 2. The molecule has 0 aliphatic heterocycles. The molecule has 0 bridgehead atoms. The van der Waals surface area contributed by atoms with E-state index in [2.05, 4.69) is 15.9 Å². The summed E-state index contributed by atoms with van der Waals surface area (Å²) >= 11 is 5.00. The summed E-state index contributed by atoms with van der Waals surface area (Å²) in [5, 5.41) is 0.250. The first-order valence-electron chi connectivity index (χ1n) is 7.16. The highest BCUT2D eigenvalue weighted by Gasteiger charge is 1.99. The van der Waals surface area contributed by atoms with Gasteiger partial charge in [-0.15, -0.1) is 0 Å². The Hall–Kier alpha value is -1.41. The Labute approximate surface area is 163 Å². The summed E-state index contributed by atoms with van der Waals surface area (Å²) in [4.78, 5) is 21.5. The van der Waals surface area contributed by atoms with E-state index in [1.165, 1.54) is 0 Å². The molecule has 2 rings (SSSR count). The summed E-state index contributed by atoms with van der Waals surface area (Å²) in [7, 11) is 0. The fourth-order valence-corrected chi connectivity index (χ4v) is 1.94. The topological polar surface area (TPSA) is 52.6 Å². The average Bonchev–Trinajstić information content (AvgIpc) is 2.66. The first-order chi connectivity index (χ1) is 11.7. The SMILES string of the molecule is O=C(CBr)OCc1ccccc1.O=C(CI)OCc1ccccc1. The zero-order valence-corrected chi connectivity index (χ0v) is 16.7. The van der Waals surface area contributed by atoms with E-state index in [0.717, 1.165) is 11.1 Å². The highest BCUT2D eigenvalue weighted by Crippen LogP contribution is 2.01. The van der Waals surface area contributed by atoms with E-state index in [1.54, 1.807) is 0 Å². The van der Waals surface area contributed by atoms with Crippen molar-refractivity contribution >= 4 is 50.5 Å². The summed E-state index contributed by atoms with van der Waals surface area (Å²) in [6.45, 7) is 0.730. The molecule has 2 aromatic carbocycles. The predicted octanol–water partition coefficient (Wildman–Crippen LogP) is 4.29. The molecule has 0 saturated heterocycles. The van der Waals surface area contributed by atoms with Crippen LogP contribution in [0.2, 0.25) is 0 Å². The van der Waals surface area contributed by atoms with Crippen LogP contribution in [0.4, 0.5) is 0 Å². The number of hydrogen-bond acceptors (Lipinski definition) is 4. The van der Waals surface area contributed by atoms with E-state index in [-0.39, 0.29) is 17.3 Å². The lowest BCUT2D eigenvalue weighted by Crippen LogP contribution is -2.04. The summed E-state index contributed by atoms with van der Waals surface area (Å²) < 4.78 is 10.2. The number of alkyl halides is 2. The molecule has 0 saturated carbocycles. The van der Waals surface area contributed by atoms with Crippen LogP contribution in [0.1, 0.15) is 11.1 Å². The number of carbonyl (C=O) groups is 2. The molecule has 0 heterocycles. The standard InChI is InChI=1S/C9H9BrO2.C9H9IO2/c2*10-6-9(11)12-7-8-4-2-1-3-5-8/h2*1-5H,6-7H2. The number of halogens is 2. The van der Waals surface area contributed by atoms with Crippen LogP contribution in [0.5, 0.6) is 0 Å². The van der Waals surface area contributed by atoms with Gasteiger partial charge in [0.25, 0.3) is 0 Å². The van der Waals surface area contributed by atoms with E-state index in [9.17, 15) is 9.59 Å². The number of carbonyl (C=O) groups excluding carboxylic acids is 2. The van der Waals surface area contributed by atoms with Crippen LogP contribution < -0.4 is 0 Å². The van der Waals surface area contributed by atoms with E-state index in [1.807, 2.05) is 83.3 Å². The van der Waals surface area contributed by atoms with E-state index >= 15 is 0 Å². The number of hydrogen-bond donors (Lipinski definition) is 0. The highest BCUT2D eigenvalue weighted by atomic mass is 127. The maximum atomic E-state index is 10.8. The second-order valence-corrected chi connectivity index (χ2v) is 5.88. The molecule has 6 heteroatoms. The van der Waals surface area contributed by atoms with Crippen molar-refractivity contribution in [3.8, 4) is 0 Å². The second-order valence-electron chi connectivity index (χ2n) is 4.56. The third-order valence-corrected chi connectivity index (χ3v) is 3.78. The third-order valence-electron chi connectivity index (χ3n) is 2.70. The Kier molecular flexibility index (Phi) is 11.1. The van der Waals surface area contributed by atoms with Crippen molar-refractivity contribution < 1.29 is 19.1 Å². The smallest absolute Gasteiger partial charge is 0.316 e. The molecule has 0 aliphatic rings. The molecular weight excluding hydrogens is 487 g/mol. The summed E-state index contributed by atoms with van der Waals surface area (Å²) in [5.74, 6) is -0.404. The van der Waals surface area contributed by atoms with Crippen molar-refractivity contribution in [2.24, 2.45) is 0 Å². The lowest BCUT2D eigenvalue weighted by atomic mass is 10.2. The maximum Gasteiger partial charge on any atom is 0.316 e. The first kappa shape index (κ1) is 20.6. The molecule has 0 N–H and O–H groups in total. The number of rotatable bonds is 6. The Bertz CT molecular complexity index is 549. The van der Waals surface area contributed by atoms with Crippen molar-refractivity contribution in [1.82, 2.24) is 0 Å². The first-order valence-corrected chi connectivity index (χ1v) is 9.81. The zero-order chi connectivity index (χ0) is 17.6. The quantitative estimate of drug-likeness (QED) is 0.334. The van der Waals surface area contributed by atoms with Crippen LogP contribution in [0.25, 0.3) is 0 Å². The van der Waals surface area contributed by atoms with Crippen LogP contribution in [-0.2, 0) is 32.3 Å². The zero-order valence-electron chi connectivity index (χ0n) is 13.0. The van der Waals surface area contributed by atoms with Crippen LogP contribution in [-0.4, -0.2) is 21.7 Å². The van der Waals surface area contributed by atoms with E-state index in [0.29, 0.717) is 17.6 Å². The molecule has 0 aliphatic carbocycles. The summed E-state index contributed by atoms with van der Waals surface area (Å²) in [5.41, 5.74) is 2.03. The van der Waals surface area contributed by atoms with Gasteiger partial charge in [-0.25, -0.2) is 0 Å². The second kappa shape index (κ2) is 12.9. The normalized spacial score (nSPS) is 9.42. The van der Waals surface area contributed by atoms with Gasteiger partial charge in [0.2, 0.25) is 0 Å². The minimum atomic E-state index is -0.237. The Morgan fingerprint density at radius 3 is 1.58 bits per heavy atom. The fraction of sp³-hybridized carbons (Fsp3) is 0.222. The largest absolute Gasteiger partial charge is 0.460 e. The maximum absolute atomic E-state index is 10.8. The van der Waals surface area contributed by atoms with Gasteiger partial charge in [-0.3, -0.25) is 9.59 Å². The number of benzene rings is 2. The van der Waals surface area contributed by atoms with Gasteiger partial charge in [-0.2, -0.15) is 0 Å². The molecule has 0 unspecified atom stereocenters. The van der Waals surface area contributed by atoms with Crippen molar-refractivity contribution in [2.75, 3.05) is 9.76 Å². The van der Waals surface area contributed by atoms with Crippen LogP contribution >= 0.6 is 38.5 Å². The Balaban J connectivity index is 0.000000240. The van der Waals surface area contributed by atoms with Crippen molar-refractivity contribution in [3.05, 3.63) is 71.8 Å². The molecular formula is C18H18BrIO4. The molecule has 24 heavy (non-hydrogen) atoms. The predicted molar refractivity (Wildman–Crippen MR) is 105 cm³/mol. The van der Waals surface area contributed by atoms with Crippen LogP contribution in [0.3, 0.4) is 0 Å². The van der Waals surface area contributed by atoms with Gasteiger partial charge >= 0.3 is 11.9 Å². The molecule has 128 valence electrons. The molecule has 4 nitrogen and oxygen atoms in total. The lowest BCUT2D eigenvalue weighted by Gasteiger charge is -2.01. The third kappa shape index (κ3) is 9.67. The Morgan fingerprint density at radius 1 is 0.792 bits per heavy atom. The molecule has 0 aromatic heterocycles. The van der Waals surface area contributed by atoms with Gasteiger partial charge in [-0.1, -0.05) is 99.2 Å². The van der Waals surface area contributed by atoms with Gasteiger partial charge in [-0.05, 0) is 11.1 Å². The van der Waals surface area contributed by atoms with Crippen molar-refractivity contribution in [2.45, 2.75) is 13.2 Å². The van der Waals surface area contributed by atoms with Gasteiger partial charge < -0.3 is 9.47 Å². The molecule has 0 spiro atoms. The van der Waals surface area contributed by atoms with E-state index < -0.39 is 0 Å². The molecule has 0 fully saturated rings. The highest BCUT2D eigenvalue weighted by molar-refractivity contribution is 14.1. The Morgan fingerprint density at radius 2 is 1.21 bits per heavy atom. The molecule has 2 aromatic rings. The van der Waals surface area contributed by atoms with E-state index in [4.69, 9.17) is 9.47 Å². The van der Waals surface area contributed by atoms with Gasteiger partial charge in [0.05, 0.1) is 4.43 Å². The van der Waals surface area contributed by atoms with Crippen LogP contribution in [0, 0.1) is 0 Å². The molecule has 0 amide bonds. The molecule has 0 atom stereocenters. The van der Waals surface area contributed by atoms with Crippen molar-refractivity contribution in [1.29, 1.82) is 0 Å². The van der Waals surface area contributed by atoms with Gasteiger partial charge in [0.1, 0.15) is 18.5 Å². The molecule has 0 radical (unpaired) electrons. The fourth-order valence-electron chi connectivity index (χ4n) is 1.55.